The summed E-state index contributed by atoms with van der Waals surface area (Å²) in [7, 11) is 0. The summed E-state index contributed by atoms with van der Waals surface area (Å²) in [6.07, 6.45) is 1.14. The Labute approximate surface area is 139 Å². The van der Waals surface area contributed by atoms with Gasteiger partial charge in [-0.2, -0.15) is 0 Å². The number of guanidine groups is 1. The third kappa shape index (κ3) is 4.16. The first-order chi connectivity index (χ1) is 11.2. The Morgan fingerprint density at radius 1 is 1.35 bits per heavy atom. The van der Waals surface area contributed by atoms with Crippen LogP contribution in [0.5, 0.6) is 0 Å². The average Bonchev–Trinajstić information content (AvgIpc) is 3.00. The molecule has 0 amide bonds. The van der Waals surface area contributed by atoms with Crippen LogP contribution in [0.1, 0.15) is 20.3 Å². The summed E-state index contributed by atoms with van der Waals surface area (Å²) in [5, 5.41) is 6.96. The van der Waals surface area contributed by atoms with Crippen LogP contribution < -0.4 is 15.5 Å². The van der Waals surface area contributed by atoms with Gasteiger partial charge in [-0.05, 0) is 25.5 Å². The van der Waals surface area contributed by atoms with E-state index in [1.165, 1.54) is 5.69 Å². The molecule has 5 heteroatoms. The maximum atomic E-state index is 5.31. The maximum Gasteiger partial charge on any atom is 0.191 e. The molecule has 0 bridgehead atoms. The zero-order chi connectivity index (χ0) is 16.1. The molecular formula is C18H28N4O. The molecular weight excluding hydrogens is 288 g/mol. The van der Waals surface area contributed by atoms with Gasteiger partial charge in [0.2, 0.25) is 0 Å². The van der Waals surface area contributed by atoms with Gasteiger partial charge in [-0.25, -0.2) is 0 Å². The Bertz CT molecular complexity index is 527. The van der Waals surface area contributed by atoms with E-state index in [-0.39, 0.29) is 5.41 Å². The van der Waals surface area contributed by atoms with Crippen LogP contribution in [-0.4, -0.2) is 51.4 Å². The first kappa shape index (κ1) is 16.1. The second kappa shape index (κ2) is 7.21. The molecule has 0 aliphatic carbocycles. The lowest BCUT2D eigenvalue weighted by Crippen LogP contribution is -2.47. The summed E-state index contributed by atoms with van der Waals surface area (Å²) in [4.78, 5) is 7.20. The van der Waals surface area contributed by atoms with Crippen molar-refractivity contribution in [2.24, 2.45) is 10.4 Å². The fraction of sp³-hybridized carbons (Fsp3) is 0.611. The number of ether oxygens (including phenoxy) is 1. The summed E-state index contributed by atoms with van der Waals surface area (Å²) in [6.45, 7) is 9.79. The summed E-state index contributed by atoms with van der Waals surface area (Å²) < 4.78 is 5.31. The highest BCUT2D eigenvalue weighted by Crippen LogP contribution is 2.26. The predicted octanol–water partition coefficient (Wildman–Crippen LogP) is 1.86. The van der Waals surface area contributed by atoms with Crippen molar-refractivity contribution in [2.75, 3.05) is 44.3 Å². The molecule has 0 radical (unpaired) electrons. The van der Waals surface area contributed by atoms with Crippen molar-refractivity contribution in [1.82, 2.24) is 10.6 Å². The number of anilines is 1. The molecule has 2 aliphatic rings. The average molecular weight is 316 g/mol. The van der Waals surface area contributed by atoms with E-state index in [0.717, 1.165) is 51.8 Å². The summed E-state index contributed by atoms with van der Waals surface area (Å²) >= 11 is 0. The molecule has 1 aromatic rings. The molecule has 2 saturated heterocycles. The fourth-order valence-electron chi connectivity index (χ4n) is 3.08. The van der Waals surface area contributed by atoms with Crippen molar-refractivity contribution < 1.29 is 4.74 Å². The third-order valence-corrected chi connectivity index (χ3v) is 4.51. The van der Waals surface area contributed by atoms with Gasteiger partial charge in [-0.3, -0.25) is 4.99 Å². The highest BCUT2D eigenvalue weighted by atomic mass is 16.5. The minimum absolute atomic E-state index is 0.216. The minimum Gasteiger partial charge on any atom is -0.380 e. The van der Waals surface area contributed by atoms with Gasteiger partial charge >= 0.3 is 0 Å². The number of nitrogens with zero attached hydrogens (tertiary/aromatic N) is 2. The molecule has 5 nitrogen and oxygen atoms in total. The van der Waals surface area contributed by atoms with Crippen LogP contribution in [0.2, 0.25) is 0 Å². The van der Waals surface area contributed by atoms with Crippen molar-refractivity contribution >= 4 is 11.6 Å². The van der Waals surface area contributed by atoms with Gasteiger partial charge in [0.15, 0.2) is 5.96 Å². The zero-order valence-electron chi connectivity index (χ0n) is 14.2. The van der Waals surface area contributed by atoms with Crippen molar-refractivity contribution in [3.63, 3.8) is 0 Å². The van der Waals surface area contributed by atoms with Crippen molar-refractivity contribution in [1.29, 1.82) is 0 Å². The molecule has 2 N–H and O–H groups in total. The molecule has 3 rings (SSSR count). The molecule has 0 spiro atoms. The summed E-state index contributed by atoms with van der Waals surface area (Å²) in [6, 6.07) is 11.1. The van der Waals surface area contributed by atoms with E-state index >= 15 is 0 Å². The number of rotatable bonds is 5. The van der Waals surface area contributed by atoms with Gasteiger partial charge in [0.05, 0.1) is 19.8 Å². The molecule has 2 aliphatic heterocycles. The van der Waals surface area contributed by atoms with E-state index < -0.39 is 0 Å². The van der Waals surface area contributed by atoms with Crippen molar-refractivity contribution in [2.45, 2.75) is 26.3 Å². The van der Waals surface area contributed by atoms with Crippen LogP contribution >= 0.6 is 0 Å². The van der Waals surface area contributed by atoms with Crippen LogP contribution in [0.25, 0.3) is 0 Å². The molecule has 126 valence electrons. The van der Waals surface area contributed by atoms with Gasteiger partial charge in [-0.1, -0.05) is 25.1 Å². The van der Waals surface area contributed by atoms with Crippen molar-refractivity contribution in [3.8, 4) is 0 Å². The maximum absolute atomic E-state index is 5.31. The highest BCUT2D eigenvalue weighted by molar-refractivity contribution is 5.80. The molecule has 2 fully saturated rings. The molecule has 2 heterocycles. The smallest absolute Gasteiger partial charge is 0.191 e. The van der Waals surface area contributed by atoms with E-state index in [1.54, 1.807) is 0 Å². The largest absolute Gasteiger partial charge is 0.380 e. The van der Waals surface area contributed by atoms with Crippen LogP contribution in [-0.2, 0) is 4.74 Å². The fourth-order valence-corrected chi connectivity index (χ4v) is 3.08. The molecule has 23 heavy (non-hydrogen) atoms. The topological polar surface area (TPSA) is 48.9 Å². The standard InChI is InChI=1S/C18H28N4O/c1-3-19-17(20-12-18(2)13-23-14-18)21-15-9-10-22(11-15)16-7-5-4-6-8-16/h4-8,15H,3,9-14H2,1-2H3,(H2,19,20,21). The minimum atomic E-state index is 0.216. The van der Waals surface area contributed by atoms with Crippen LogP contribution in [0, 0.1) is 5.41 Å². The third-order valence-electron chi connectivity index (χ3n) is 4.51. The molecule has 1 atom stereocenters. The highest BCUT2D eigenvalue weighted by Gasteiger charge is 2.33. The number of hydrogen-bond donors (Lipinski definition) is 2. The Hall–Kier alpha value is -1.75. The lowest BCUT2D eigenvalue weighted by atomic mass is 9.89. The molecule has 1 unspecified atom stereocenters. The number of aliphatic imine (C=N–C) groups is 1. The van der Waals surface area contributed by atoms with Gasteiger partial charge in [0, 0.05) is 36.8 Å². The second-order valence-electron chi connectivity index (χ2n) is 6.91. The number of para-hydroxylation sites is 1. The van der Waals surface area contributed by atoms with E-state index in [9.17, 15) is 0 Å². The van der Waals surface area contributed by atoms with Crippen LogP contribution in [0.3, 0.4) is 0 Å². The van der Waals surface area contributed by atoms with Gasteiger partial charge in [-0.15, -0.1) is 0 Å². The lowest BCUT2D eigenvalue weighted by molar-refractivity contribution is -0.0945. The monoisotopic (exact) mass is 316 g/mol. The van der Waals surface area contributed by atoms with Crippen molar-refractivity contribution in [3.05, 3.63) is 30.3 Å². The van der Waals surface area contributed by atoms with E-state index in [4.69, 9.17) is 9.73 Å². The van der Waals surface area contributed by atoms with E-state index in [1.807, 2.05) is 0 Å². The Morgan fingerprint density at radius 3 is 2.78 bits per heavy atom. The van der Waals surface area contributed by atoms with E-state index in [2.05, 4.69) is 59.7 Å². The zero-order valence-corrected chi connectivity index (χ0v) is 14.2. The SMILES string of the molecule is CCNC(=NCC1(C)COC1)NC1CCN(c2ccccc2)C1. The quantitative estimate of drug-likeness (QED) is 0.643. The first-order valence-corrected chi connectivity index (χ1v) is 8.61. The second-order valence-corrected chi connectivity index (χ2v) is 6.91. The van der Waals surface area contributed by atoms with Gasteiger partial charge < -0.3 is 20.3 Å². The summed E-state index contributed by atoms with van der Waals surface area (Å²) in [5.74, 6) is 0.931. The number of benzene rings is 1. The Morgan fingerprint density at radius 2 is 2.13 bits per heavy atom. The molecule has 0 saturated carbocycles. The predicted molar refractivity (Wildman–Crippen MR) is 95.1 cm³/mol. The first-order valence-electron chi connectivity index (χ1n) is 8.61. The normalized spacial score (nSPS) is 23.5. The molecule has 0 aromatic heterocycles. The number of nitrogens with one attached hydrogen (secondary N) is 2. The Kier molecular flexibility index (Phi) is 5.06. The van der Waals surface area contributed by atoms with E-state index in [0.29, 0.717) is 6.04 Å². The Balaban J connectivity index is 1.55. The lowest BCUT2D eigenvalue weighted by Gasteiger charge is -2.36. The van der Waals surface area contributed by atoms with Crippen LogP contribution in [0.15, 0.2) is 35.3 Å². The van der Waals surface area contributed by atoms with Gasteiger partial charge in [0.25, 0.3) is 0 Å². The molecule has 1 aromatic carbocycles. The summed E-state index contributed by atoms with van der Waals surface area (Å²) in [5.41, 5.74) is 1.52. The van der Waals surface area contributed by atoms with Crippen LogP contribution in [0.4, 0.5) is 5.69 Å². The van der Waals surface area contributed by atoms with Gasteiger partial charge in [0.1, 0.15) is 0 Å². The number of hydrogen-bond acceptors (Lipinski definition) is 3.